The van der Waals surface area contributed by atoms with Gasteiger partial charge in [0.15, 0.2) is 5.88 Å². The first-order valence-corrected chi connectivity index (χ1v) is 10.1. The number of para-hydroxylation sites is 2. The summed E-state index contributed by atoms with van der Waals surface area (Å²) < 4.78 is 0. The van der Waals surface area contributed by atoms with Crippen molar-refractivity contribution in [2.45, 2.75) is 25.3 Å². The number of aromatic nitrogens is 1. The molecule has 1 unspecified atom stereocenters. The summed E-state index contributed by atoms with van der Waals surface area (Å²) in [7, 11) is 2.17. The Labute approximate surface area is 169 Å². The van der Waals surface area contributed by atoms with E-state index in [1.807, 2.05) is 48.5 Å². The van der Waals surface area contributed by atoms with Crippen LogP contribution in [0.2, 0.25) is 0 Å². The predicted octanol–water partition coefficient (Wildman–Crippen LogP) is 4.21. The second kappa shape index (κ2) is 7.37. The van der Waals surface area contributed by atoms with Crippen molar-refractivity contribution in [2.24, 2.45) is 10.1 Å². The Kier molecular flexibility index (Phi) is 4.56. The average molecular weight is 388 g/mol. The lowest BCUT2D eigenvalue weighted by molar-refractivity contribution is 0.122. The summed E-state index contributed by atoms with van der Waals surface area (Å²) in [6, 6.07) is 16.2. The molecule has 0 radical (unpaired) electrons. The number of fused-ring (bicyclic) bond motifs is 2. The molecule has 0 saturated carbocycles. The molecule has 148 valence electrons. The van der Waals surface area contributed by atoms with E-state index in [-0.39, 0.29) is 5.88 Å². The van der Waals surface area contributed by atoms with Crippen LogP contribution in [0.3, 0.4) is 0 Å². The van der Waals surface area contributed by atoms with Crippen LogP contribution in [0.15, 0.2) is 58.7 Å². The molecule has 1 aromatic heterocycles. The van der Waals surface area contributed by atoms with E-state index in [0.717, 1.165) is 35.1 Å². The average Bonchev–Trinajstić information content (AvgIpc) is 3.39. The number of benzene rings is 2. The number of rotatable bonds is 5. The predicted molar refractivity (Wildman–Crippen MR) is 115 cm³/mol. The summed E-state index contributed by atoms with van der Waals surface area (Å²) in [5.41, 5.74) is 4.59. The highest BCUT2D eigenvalue weighted by Gasteiger charge is 2.29. The Morgan fingerprint density at radius 1 is 1.21 bits per heavy atom. The molecule has 1 atom stereocenters. The third-order valence-corrected chi connectivity index (χ3v) is 5.91. The molecule has 3 heterocycles. The van der Waals surface area contributed by atoms with Gasteiger partial charge in [-0.3, -0.25) is 0 Å². The quantitative estimate of drug-likeness (QED) is 0.508. The van der Waals surface area contributed by atoms with E-state index < -0.39 is 0 Å². The molecule has 29 heavy (non-hydrogen) atoms. The van der Waals surface area contributed by atoms with Crippen LogP contribution >= 0.6 is 0 Å². The zero-order chi connectivity index (χ0) is 19.8. The third kappa shape index (κ3) is 3.19. The Bertz CT molecular complexity index is 1120. The molecule has 1 saturated heterocycles. The Morgan fingerprint density at radius 3 is 2.90 bits per heavy atom. The van der Waals surface area contributed by atoms with Gasteiger partial charge in [0.05, 0.1) is 11.3 Å². The van der Waals surface area contributed by atoms with Crippen LogP contribution in [0.5, 0.6) is 5.88 Å². The van der Waals surface area contributed by atoms with E-state index in [1.165, 1.54) is 12.8 Å². The van der Waals surface area contributed by atoms with Crippen LogP contribution < -0.4 is 0 Å². The number of aromatic hydroxyl groups is 1. The molecule has 3 aromatic rings. The van der Waals surface area contributed by atoms with Crippen molar-refractivity contribution in [3.8, 4) is 5.88 Å². The summed E-state index contributed by atoms with van der Waals surface area (Å²) >= 11 is 0. The fourth-order valence-corrected chi connectivity index (χ4v) is 4.35. The largest absolute Gasteiger partial charge is 0.494 e. The minimum absolute atomic E-state index is 0.0954. The molecule has 0 amide bonds. The lowest BCUT2D eigenvalue weighted by atomic mass is 10.0. The maximum Gasteiger partial charge on any atom is 0.199 e. The molecule has 0 bridgehead atoms. The van der Waals surface area contributed by atoms with Crippen LogP contribution in [-0.2, 0) is 4.84 Å². The van der Waals surface area contributed by atoms with Gasteiger partial charge in [-0.25, -0.2) is 4.99 Å². The van der Waals surface area contributed by atoms with Gasteiger partial charge in [0.1, 0.15) is 18.0 Å². The summed E-state index contributed by atoms with van der Waals surface area (Å²) in [6.07, 6.45) is 3.43. The van der Waals surface area contributed by atoms with Gasteiger partial charge in [-0.2, -0.15) is 0 Å². The molecule has 6 heteroatoms. The number of aromatic amines is 1. The number of hydrogen-bond donors (Lipinski definition) is 2. The Balaban J connectivity index is 1.46. The van der Waals surface area contributed by atoms with E-state index in [2.05, 4.69) is 22.1 Å². The van der Waals surface area contributed by atoms with Gasteiger partial charge in [-0.05, 0) is 45.0 Å². The van der Waals surface area contributed by atoms with Crippen LogP contribution in [0, 0.1) is 0 Å². The van der Waals surface area contributed by atoms with Crippen LogP contribution in [0.25, 0.3) is 10.9 Å². The zero-order valence-electron chi connectivity index (χ0n) is 16.4. The molecule has 6 nitrogen and oxygen atoms in total. The third-order valence-electron chi connectivity index (χ3n) is 5.91. The van der Waals surface area contributed by atoms with Gasteiger partial charge >= 0.3 is 0 Å². The fourth-order valence-electron chi connectivity index (χ4n) is 4.35. The number of nitrogens with one attached hydrogen (secondary N) is 1. The monoisotopic (exact) mass is 388 g/mol. The standard InChI is InChI=1S/C23H24N4O2/c1-27-13-6-7-15(27)12-14-29-26-21-17-9-3-5-11-19(17)24-22(21)20-16-8-2-4-10-18(16)25-23(20)28/h2-5,8-11,15,25,28H,6-7,12-14H2,1H3/b26-21+. The van der Waals surface area contributed by atoms with Crippen LogP contribution in [0.4, 0.5) is 5.69 Å². The topological polar surface area (TPSA) is 73.2 Å². The van der Waals surface area contributed by atoms with E-state index in [1.54, 1.807) is 0 Å². The van der Waals surface area contributed by atoms with Gasteiger partial charge in [0, 0.05) is 22.5 Å². The first-order valence-electron chi connectivity index (χ1n) is 10.1. The molecule has 1 fully saturated rings. The zero-order valence-corrected chi connectivity index (χ0v) is 16.4. The highest BCUT2D eigenvalue weighted by molar-refractivity contribution is 6.58. The van der Waals surface area contributed by atoms with E-state index >= 15 is 0 Å². The Morgan fingerprint density at radius 2 is 2.03 bits per heavy atom. The summed E-state index contributed by atoms with van der Waals surface area (Å²) in [5, 5.41) is 16.0. The number of aliphatic imine (C=N–C) groups is 1. The fraction of sp³-hybridized carbons (Fsp3) is 0.304. The lowest BCUT2D eigenvalue weighted by Crippen LogP contribution is -2.25. The van der Waals surface area contributed by atoms with Gasteiger partial charge < -0.3 is 19.8 Å². The summed E-state index contributed by atoms with van der Waals surface area (Å²) in [6.45, 7) is 1.72. The molecule has 2 aromatic carbocycles. The van der Waals surface area contributed by atoms with Crippen molar-refractivity contribution in [2.75, 3.05) is 20.2 Å². The second-order valence-corrected chi connectivity index (χ2v) is 7.71. The molecule has 2 aliphatic rings. The molecular formula is C23H24N4O2. The first-order chi connectivity index (χ1) is 14.2. The lowest BCUT2D eigenvalue weighted by Gasteiger charge is -2.18. The van der Waals surface area contributed by atoms with E-state index in [9.17, 15) is 5.11 Å². The number of nitrogens with zero attached hydrogens (tertiary/aromatic N) is 3. The minimum atomic E-state index is 0.0954. The van der Waals surface area contributed by atoms with Crippen molar-refractivity contribution in [3.63, 3.8) is 0 Å². The number of likely N-dealkylation sites (tertiary alicyclic amines) is 1. The van der Waals surface area contributed by atoms with E-state index in [4.69, 9.17) is 9.83 Å². The van der Waals surface area contributed by atoms with Crippen molar-refractivity contribution >= 4 is 28.0 Å². The number of oxime groups is 1. The summed E-state index contributed by atoms with van der Waals surface area (Å²) in [5.74, 6) is 0.0954. The van der Waals surface area contributed by atoms with Gasteiger partial charge in [-0.1, -0.05) is 41.6 Å². The van der Waals surface area contributed by atoms with Crippen molar-refractivity contribution in [1.82, 2.24) is 9.88 Å². The van der Waals surface area contributed by atoms with Crippen molar-refractivity contribution < 1.29 is 9.94 Å². The smallest absolute Gasteiger partial charge is 0.199 e. The normalized spacial score (nSPS) is 20.4. The molecule has 5 rings (SSSR count). The SMILES string of the molecule is CN1CCCC1CCO/N=C1/C(c2c(O)[nH]c3ccccc23)=Nc2ccccc21. The minimum Gasteiger partial charge on any atom is -0.494 e. The number of H-pyrrole nitrogens is 1. The molecule has 0 aliphatic carbocycles. The Hall–Kier alpha value is -3.12. The maximum absolute atomic E-state index is 10.6. The second-order valence-electron chi connectivity index (χ2n) is 7.71. The van der Waals surface area contributed by atoms with Crippen molar-refractivity contribution in [1.29, 1.82) is 0 Å². The first kappa shape index (κ1) is 17.9. The molecule has 2 aliphatic heterocycles. The van der Waals surface area contributed by atoms with Gasteiger partial charge in [-0.15, -0.1) is 0 Å². The highest BCUT2D eigenvalue weighted by atomic mass is 16.6. The van der Waals surface area contributed by atoms with Gasteiger partial charge in [0.25, 0.3) is 0 Å². The van der Waals surface area contributed by atoms with Gasteiger partial charge in [0.2, 0.25) is 0 Å². The van der Waals surface area contributed by atoms with Crippen molar-refractivity contribution in [3.05, 3.63) is 59.7 Å². The highest BCUT2D eigenvalue weighted by Crippen LogP contribution is 2.35. The van der Waals surface area contributed by atoms with Crippen LogP contribution in [-0.4, -0.2) is 52.7 Å². The molecule has 0 spiro atoms. The number of hydrogen-bond acceptors (Lipinski definition) is 5. The molecular weight excluding hydrogens is 364 g/mol. The van der Waals surface area contributed by atoms with Crippen LogP contribution in [0.1, 0.15) is 30.4 Å². The molecule has 2 N–H and O–H groups in total. The summed E-state index contributed by atoms with van der Waals surface area (Å²) in [4.78, 5) is 15.9. The maximum atomic E-state index is 10.6. The van der Waals surface area contributed by atoms with E-state index in [0.29, 0.717) is 29.6 Å².